The number of ether oxygens (including phenoxy) is 1. The standard InChI is InChI=1S/C23H18GeO2S/c25-23(26-22-17-10-18-27-22)24(19-11-4-1-5-12-19,20-13-6-2-7-14-20)21-15-8-3-9-16-21/h1-18H. The Morgan fingerprint density at radius 1 is 0.630 bits per heavy atom. The molecule has 0 saturated heterocycles. The van der Waals surface area contributed by atoms with Gasteiger partial charge in [-0.2, -0.15) is 0 Å². The van der Waals surface area contributed by atoms with Gasteiger partial charge in [0.05, 0.1) is 0 Å². The van der Waals surface area contributed by atoms with Gasteiger partial charge in [0.15, 0.2) is 0 Å². The fraction of sp³-hybridized carbons (Fsp3) is 0. The van der Waals surface area contributed by atoms with Crippen molar-refractivity contribution in [3.63, 3.8) is 0 Å². The van der Waals surface area contributed by atoms with Crippen molar-refractivity contribution >= 4 is 42.6 Å². The predicted molar refractivity (Wildman–Crippen MR) is 114 cm³/mol. The zero-order valence-corrected chi connectivity index (χ0v) is 17.5. The summed E-state index contributed by atoms with van der Waals surface area (Å²) in [5.41, 5.74) is 0. The van der Waals surface area contributed by atoms with Gasteiger partial charge in [0.1, 0.15) is 0 Å². The Hall–Kier alpha value is -2.63. The molecule has 0 amide bonds. The van der Waals surface area contributed by atoms with E-state index >= 15 is 0 Å². The molecule has 27 heavy (non-hydrogen) atoms. The molecule has 0 radical (unpaired) electrons. The van der Waals surface area contributed by atoms with Gasteiger partial charge in [-0.25, -0.2) is 0 Å². The van der Waals surface area contributed by atoms with Crippen molar-refractivity contribution in [1.29, 1.82) is 0 Å². The maximum atomic E-state index is 13.8. The van der Waals surface area contributed by atoms with E-state index in [2.05, 4.69) is 36.4 Å². The van der Waals surface area contributed by atoms with E-state index in [4.69, 9.17) is 4.74 Å². The molecule has 0 fully saturated rings. The van der Waals surface area contributed by atoms with Crippen molar-refractivity contribution in [2.75, 3.05) is 0 Å². The van der Waals surface area contributed by atoms with Gasteiger partial charge in [-0.1, -0.05) is 0 Å². The molecule has 0 aliphatic carbocycles. The molecule has 0 atom stereocenters. The van der Waals surface area contributed by atoms with Crippen molar-refractivity contribution in [2.45, 2.75) is 0 Å². The van der Waals surface area contributed by atoms with Crippen LogP contribution in [0.1, 0.15) is 0 Å². The average Bonchev–Trinajstić information content (AvgIpc) is 3.24. The van der Waals surface area contributed by atoms with Gasteiger partial charge in [0.25, 0.3) is 0 Å². The Morgan fingerprint density at radius 2 is 1.07 bits per heavy atom. The minimum atomic E-state index is -3.73. The summed E-state index contributed by atoms with van der Waals surface area (Å²) in [6.07, 6.45) is 0. The zero-order valence-electron chi connectivity index (χ0n) is 14.6. The Bertz CT molecular complexity index is 904. The predicted octanol–water partition coefficient (Wildman–Crippen LogP) is 4.00. The summed E-state index contributed by atoms with van der Waals surface area (Å²) in [5, 5.41) is 2.56. The van der Waals surface area contributed by atoms with E-state index < -0.39 is 13.3 Å². The van der Waals surface area contributed by atoms with Crippen LogP contribution < -0.4 is 17.9 Å². The second-order valence-electron chi connectivity index (χ2n) is 6.17. The summed E-state index contributed by atoms with van der Waals surface area (Å²) in [6, 6.07) is 34.1. The summed E-state index contributed by atoms with van der Waals surface area (Å²) in [6.45, 7) is 0. The third kappa shape index (κ3) is 3.36. The summed E-state index contributed by atoms with van der Waals surface area (Å²) in [7, 11) is 0. The average molecular weight is 431 g/mol. The molecule has 1 aromatic heterocycles. The first-order chi connectivity index (χ1) is 13.3. The van der Waals surface area contributed by atoms with Crippen LogP contribution in [0.4, 0.5) is 4.79 Å². The SMILES string of the molecule is O=[C](Oc1cccs1)[Ge]([c]1ccccc1)([c]1ccccc1)[c]1ccccc1. The molecular formula is C23H18GeO2S. The molecule has 4 rings (SSSR count). The third-order valence-electron chi connectivity index (χ3n) is 4.61. The molecule has 3 aromatic carbocycles. The Morgan fingerprint density at radius 3 is 1.44 bits per heavy atom. The molecule has 0 aliphatic rings. The van der Waals surface area contributed by atoms with Crippen LogP contribution in [0.3, 0.4) is 0 Å². The fourth-order valence-electron chi connectivity index (χ4n) is 3.41. The zero-order chi connectivity index (χ0) is 18.5. The molecular weight excluding hydrogens is 413 g/mol. The molecule has 132 valence electrons. The summed E-state index contributed by atoms with van der Waals surface area (Å²) < 4.78 is 9.14. The number of rotatable bonds is 5. The quantitative estimate of drug-likeness (QED) is 0.447. The van der Waals surface area contributed by atoms with Crippen LogP contribution in [0.2, 0.25) is 0 Å². The number of thiophene rings is 1. The molecule has 4 heteroatoms. The van der Waals surface area contributed by atoms with E-state index in [1.165, 1.54) is 11.3 Å². The fourth-order valence-corrected chi connectivity index (χ4v) is 12.6. The van der Waals surface area contributed by atoms with E-state index in [1.807, 2.05) is 72.1 Å². The number of carbonyl (C=O) groups is 1. The van der Waals surface area contributed by atoms with Crippen LogP contribution >= 0.6 is 11.3 Å². The van der Waals surface area contributed by atoms with E-state index in [0.29, 0.717) is 5.06 Å². The van der Waals surface area contributed by atoms with Crippen molar-refractivity contribution < 1.29 is 9.53 Å². The van der Waals surface area contributed by atoms with Crippen molar-refractivity contribution in [2.24, 2.45) is 0 Å². The molecule has 0 N–H and O–H groups in total. The molecule has 0 unspecified atom stereocenters. The summed E-state index contributed by atoms with van der Waals surface area (Å²) in [5.74, 6) is 0. The van der Waals surface area contributed by atoms with Gasteiger partial charge in [-0.3, -0.25) is 0 Å². The van der Waals surface area contributed by atoms with Gasteiger partial charge >= 0.3 is 166 Å². The Kier molecular flexibility index (Phi) is 5.23. The van der Waals surface area contributed by atoms with E-state index in [1.54, 1.807) is 0 Å². The first-order valence-electron chi connectivity index (χ1n) is 8.74. The van der Waals surface area contributed by atoms with Gasteiger partial charge in [-0.15, -0.1) is 0 Å². The third-order valence-corrected chi connectivity index (χ3v) is 14.4. The molecule has 0 aliphatic heterocycles. The van der Waals surface area contributed by atoms with Crippen molar-refractivity contribution in [3.8, 4) is 5.06 Å². The molecule has 0 bridgehead atoms. The molecule has 1 heterocycles. The van der Waals surface area contributed by atoms with Gasteiger partial charge in [0.2, 0.25) is 0 Å². The van der Waals surface area contributed by atoms with Crippen LogP contribution in [0.5, 0.6) is 5.06 Å². The molecule has 0 saturated carbocycles. The van der Waals surface area contributed by atoms with Crippen LogP contribution in [0, 0.1) is 0 Å². The van der Waals surface area contributed by atoms with Crippen LogP contribution in [0.25, 0.3) is 0 Å². The summed E-state index contributed by atoms with van der Waals surface area (Å²) in [4.78, 5) is 13.7. The monoisotopic (exact) mass is 432 g/mol. The Balaban J connectivity index is 1.99. The van der Waals surface area contributed by atoms with Crippen LogP contribution in [0.15, 0.2) is 109 Å². The maximum absolute atomic E-state index is 13.8. The first-order valence-corrected chi connectivity index (χ1v) is 13.8. The molecule has 4 aromatic rings. The van der Waals surface area contributed by atoms with E-state index in [9.17, 15) is 4.79 Å². The number of hydrogen-bond acceptors (Lipinski definition) is 3. The first kappa shape index (κ1) is 17.8. The topological polar surface area (TPSA) is 26.3 Å². The van der Waals surface area contributed by atoms with Crippen molar-refractivity contribution in [3.05, 3.63) is 109 Å². The normalized spacial score (nSPS) is 11.1. The van der Waals surface area contributed by atoms with Crippen LogP contribution in [-0.4, -0.2) is 18.1 Å². The van der Waals surface area contributed by atoms with Crippen molar-refractivity contribution in [1.82, 2.24) is 0 Å². The van der Waals surface area contributed by atoms with Gasteiger partial charge in [0, 0.05) is 0 Å². The Labute approximate surface area is 165 Å². The summed E-state index contributed by atoms with van der Waals surface area (Å²) >= 11 is -2.29. The van der Waals surface area contributed by atoms with Gasteiger partial charge in [-0.05, 0) is 0 Å². The second kappa shape index (κ2) is 7.95. The molecule has 0 spiro atoms. The minimum absolute atomic E-state index is 0.124. The number of hydrogen-bond donors (Lipinski definition) is 0. The van der Waals surface area contributed by atoms with Crippen LogP contribution in [-0.2, 0) is 0 Å². The number of benzene rings is 3. The number of carbonyl (C=O) groups excluding carboxylic acids is 1. The van der Waals surface area contributed by atoms with E-state index in [-0.39, 0.29) is 4.80 Å². The van der Waals surface area contributed by atoms with E-state index in [0.717, 1.165) is 13.2 Å². The van der Waals surface area contributed by atoms with Gasteiger partial charge < -0.3 is 0 Å². The second-order valence-corrected chi connectivity index (χ2v) is 14.7. The molecule has 2 nitrogen and oxygen atoms in total.